The molecule has 1 saturated heterocycles. The van der Waals surface area contributed by atoms with Gasteiger partial charge >= 0.3 is 12.1 Å². The number of hydrogen-bond donors (Lipinski definition) is 6. The number of nitrogens with zero attached hydrogens (tertiary/aromatic N) is 5. The normalized spacial score (nSPS) is 14.1. The van der Waals surface area contributed by atoms with Crippen LogP contribution >= 0.6 is 0 Å². The number of aromatic nitrogens is 1. The molecule has 0 saturated carbocycles. The van der Waals surface area contributed by atoms with Gasteiger partial charge in [-0.3, -0.25) is 43.9 Å². The highest BCUT2D eigenvalue weighted by molar-refractivity contribution is 5.98. The predicted molar refractivity (Wildman–Crippen MR) is 282 cm³/mol. The molecular weight excluding hydrogens is 969 g/mol. The van der Waals surface area contributed by atoms with Crippen molar-refractivity contribution < 1.29 is 57.7 Å². The second-order valence-electron chi connectivity index (χ2n) is 19.4. The van der Waals surface area contributed by atoms with Crippen LogP contribution in [0.2, 0.25) is 0 Å². The summed E-state index contributed by atoms with van der Waals surface area (Å²) < 4.78 is 18.7. The van der Waals surface area contributed by atoms with Crippen LogP contribution in [0.5, 0.6) is 0 Å². The molecule has 1 fully saturated rings. The zero-order valence-electron chi connectivity index (χ0n) is 45.1. The first-order valence-corrected chi connectivity index (χ1v) is 25.7. The number of para-hydroxylation sites is 1. The van der Waals surface area contributed by atoms with E-state index in [1.807, 2.05) is 50.0 Å². The van der Waals surface area contributed by atoms with Gasteiger partial charge in [0.05, 0.1) is 39.4 Å². The lowest BCUT2D eigenvalue weighted by atomic mass is 10.0. The minimum atomic E-state index is -1.02. The number of likely N-dealkylation sites (N-methyl/N-ethyl adjacent to an activating group) is 2. The van der Waals surface area contributed by atoms with Crippen molar-refractivity contribution in [1.82, 2.24) is 45.7 Å². The van der Waals surface area contributed by atoms with E-state index in [2.05, 4.69) is 49.5 Å². The van der Waals surface area contributed by atoms with Gasteiger partial charge in [0.25, 0.3) is 0 Å². The Morgan fingerprint density at radius 3 is 2.05 bits per heavy atom. The maximum absolute atomic E-state index is 14.0. The Kier molecular flexibility index (Phi) is 24.9. The summed E-state index contributed by atoms with van der Waals surface area (Å²) in [7, 11) is 6.82. The highest BCUT2D eigenvalue weighted by atomic mass is 16.6. The van der Waals surface area contributed by atoms with Crippen LogP contribution in [0, 0.1) is 11.8 Å². The van der Waals surface area contributed by atoms with Crippen LogP contribution in [0.25, 0.3) is 10.9 Å². The number of rotatable bonds is 30. The Morgan fingerprint density at radius 2 is 1.43 bits per heavy atom. The Labute approximate surface area is 440 Å². The van der Waals surface area contributed by atoms with Gasteiger partial charge in [-0.2, -0.15) is 0 Å². The topological polar surface area (TPSA) is 263 Å². The average Bonchev–Trinajstić information content (AvgIpc) is 3.73. The number of nitrogens with one attached hydrogen (secondary N) is 5. The number of carboxylic acids is 1. The van der Waals surface area contributed by atoms with Crippen molar-refractivity contribution in [2.75, 3.05) is 79.6 Å². The molecule has 0 radical (unpaired) electrons. The molecule has 0 unspecified atom stereocenters. The molecule has 22 nitrogen and oxygen atoms in total. The molecule has 3 aromatic rings. The smallest absolute Gasteiger partial charge is 0.410 e. The molecule has 7 amide bonds. The second kappa shape index (κ2) is 30.7. The zero-order valence-corrected chi connectivity index (χ0v) is 45.1. The van der Waals surface area contributed by atoms with E-state index in [1.54, 1.807) is 43.0 Å². The van der Waals surface area contributed by atoms with Gasteiger partial charge in [-0.1, -0.05) is 58.0 Å². The number of benzene rings is 2. The molecule has 1 aliphatic rings. The molecule has 1 aromatic heterocycles. The van der Waals surface area contributed by atoms with E-state index in [4.69, 9.17) is 19.3 Å². The molecule has 2 heterocycles. The molecule has 0 bridgehead atoms. The number of ether oxygens (including phenoxy) is 3. The third-order valence-electron chi connectivity index (χ3n) is 13.1. The van der Waals surface area contributed by atoms with Gasteiger partial charge in [-0.05, 0) is 73.9 Å². The zero-order chi connectivity index (χ0) is 55.2. The Morgan fingerprint density at radius 1 is 0.760 bits per heavy atom. The Bertz CT molecular complexity index is 2370. The molecule has 1 aliphatic heterocycles. The van der Waals surface area contributed by atoms with E-state index < -0.39 is 47.9 Å². The van der Waals surface area contributed by atoms with Crippen molar-refractivity contribution in [3.63, 3.8) is 0 Å². The standard InChI is InChI=1S/C53H80N10O12/c1-35(2)48(51(70)56-37(5)50(69)57-40-16-14-38(15-17-40)34-75-53(72)60(9)49(36(3)4)52(71)54-6)58-44(64)18-19-46(66)63(27-29-74-31-30-73-28-23-47(67)68)41-20-24-61(25-21-41)45(65)22-26-62-42(33-59(8)55-7)32-39-12-10-11-13-43(39)62/h10-17,32,35-37,41,48-49,55H,18-31,33-34H2,1-9H3,(H,54,71)(H,56,70)(H,57,69)(H,58,64)(H,67,68)/t37-,48-,49-/m0/s1. The number of likely N-dealkylation sites (tertiary alicyclic amines) is 1. The summed E-state index contributed by atoms with van der Waals surface area (Å²) in [5.74, 6) is -3.68. The van der Waals surface area contributed by atoms with Gasteiger partial charge in [0.15, 0.2) is 0 Å². The molecule has 2 aromatic carbocycles. The van der Waals surface area contributed by atoms with Gasteiger partial charge in [-0.25, -0.2) is 9.80 Å². The minimum Gasteiger partial charge on any atom is -0.481 e. The van der Waals surface area contributed by atoms with Crippen molar-refractivity contribution in [3.8, 4) is 0 Å². The van der Waals surface area contributed by atoms with E-state index in [9.17, 15) is 38.4 Å². The van der Waals surface area contributed by atoms with Crippen molar-refractivity contribution in [1.29, 1.82) is 0 Å². The minimum absolute atomic E-state index is 0.0215. The third kappa shape index (κ3) is 19.2. The summed E-state index contributed by atoms with van der Waals surface area (Å²) in [6.45, 7) is 11.5. The van der Waals surface area contributed by atoms with Crippen LogP contribution in [0.1, 0.15) is 84.4 Å². The number of carboxylic acid groups (broad SMARTS) is 1. The fourth-order valence-electron chi connectivity index (χ4n) is 8.81. The summed E-state index contributed by atoms with van der Waals surface area (Å²) >= 11 is 0. The number of anilines is 1. The Balaban J connectivity index is 1.29. The van der Waals surface area contributed by atoms with Crippen LogP contribution < -0.4 is 26.7 Å². The summed E-state index contributed by atoms with van der Waals surface area (Å²) in [5, 5.41) is 22.7. The first-order chi connectivity index (χ1) is 35.7. The van der Waals surface area contributed by atoms with E-state index in [1.165, 1.54) is 25.9 Å². The third-order valence-corrected chi connectivity index (χ3v) is 13.1. The number of carbonyl (C=O) groups is 8. The maximum Gasteiger partial charge on any atom is 0.410 e. The molecular formula is C53H80N10O12. The summed E-state index contributed by atoms with van der Waals surface area (Å²) in [5.41, 5.74) is 6.34. The van der Waals surface area contributed by atoms with E-state index >= 15 is 0 Å². The number of piperidine rings is 1. The number of carbonyl (C=O) groups excluding carboxylic acids is 7. The number of fused-ring (bicyclic) bond motifs is 1. The molecule has 4 rings (SSSR count). The number of aliphatic carboxylic acids is 1. The van der Waals surface area contributed by atoms with Crippen LogP contribution in [0.3, 0.4) is 0 Å². The summed E-state index contributed by atoms with van der Waals surface area (Å²) in [6, 6.07) is 13.9. The van der Waals surface area contributed by atoms with E-state index in [-0.39, 0.29) is 94.4 Å². The fourth-order valence-corrected chi connectivity index (χ4v) is 8.81. The van der Waals surface area contributed by atoms with E-state index in [0.29, 0.717) is 56.7 Å². The average molecular weight is 1050 g/mol. The van der Waals surface area contributed by atoms with Crippen molar-refractivity contribution in [2.24, 2.45) is 11.8 Å². The van der Waals surface area contributed by atoms with Crippen LogP contribution in [-0.4, -0.2) is 175 Å². The second-order valence-corrected chi connectivity index (χ2v) is 19.4. The highest BCUT2D eigenvalue weighted by Crippen LogP contribution is 2.23. The molecule has 6 N–H and O–H groups in total. The lowest BCUT2D eigenvalue weighted by molar-refractivity contribution is -0.139. The monoisotopic (exact) mass is 1050 g/mol. The predicted octanol–water partition coefficient (Wildman–Crippen LogP) is 3.33. The van der Waals surface area contributed by atoms with Crippen LogP contribution in [0.15, 0.2) is 54.6 Å². The van der Waals surface area contributed by atoms with Gasteiger partial charge in [-0.15, -0.1) is 0 Å². The molecule has 22 heteroatoms. The van der Waals surface area contributed by atoms with E-state index in [0.717, 1.165) is 16.6 Å². The number of hydrazine groups is 1. The molecule has 3 atom stereocenters. The van der Waals surface area contributed by atoms with Crippen LogP contribution in [0.4, 0.5) is 10.5 Å². The molecule has 0 spiro atoms. The number of hydrogen-bond acceptors (Lipinski definition) is 13. The quantitative estimate of drug-likeness (QED) is 0.0414. The first kappa shape index (κ1) is 60.9. The maximum atomic E-state index is 14.0. The fraction of sp³-hybridized carbons (Fsp3) is 0.585. The highest BCUT2D eigenvalue weighted by Gasteiger charge is 2.33. The lowest BCUT2D eigenvalue weighted by Gasteiger charge is -2.39. The van der Waals surface area contributed by atoms with Crippen molar-refractivity contribution >= 4 is 64.1 Å². The summed E-state index contributed by atoms with van der Waals surface area (Å²) in [6.07, 6.45) is 0.196. The SMILES string of the molecule is CNC(=O)[C@H](C(C)C)N(C)C(=O)OCc1ccc(NC(=O)[C@H](C)NC(=O)[C@@H](NC(=O)CCC(=O)N(CCOCCOCCC(=O)O)C2CCN(C(=O)CCn3c(CN(C)NC)cc4ccccc43)CC2)C(C)C)cc1. The van der Waals surface area contributed by atoms with Crippen molar-refractivity contribution in [2.45, 2.75) is 117 Å². The largest absolute Gasteiger partial charge is 0.481 e. The molecule has 75 heavy (non-hydrogen) atoms. The summed E-state index contributed by atoms with van der Waals surface area (Å²) in [4.78, 5) is 108. The van der Waals surface area contributed by atoms with Crippen LogP contribution in [-0.2, 0) is 67.5 Å². The van der Waals surface area contributed by atoms with Crippen molar-refractivity contribution in [3.05, 3.63) is 65.9 Å². The first-order valence-electron chi connectivity index (χ1n) is 25.7. The Hall–Kier alpha value is -6.62. The van der Waals surface area contributed by atoms with Gasteiger partial charge in [0, 0.05) is 89.5 Å². The molecule has 0 aliphatic carbocycles. The van der Waals surface area contributed by atoms with Gasteiger partial charge < -0.3 is 55.0 Å². The lowest BCUT2D eigenvalue weighted by Crippen LogP contribution is -2.54. The number of amides is 7. The van der Waals surface area contributed by atoms with Gasteiger partial charge in [0.2, 0.25) is 35.4 Å². The molecule has 414 valence electrons. The number of aryl methyl sites for hydroxylation is 1. The van der Waals surface area contributed by atoms with Gasteiger partial charge in [0.1, 0.15) is 24.7 Å².